The number of hydrogen-bond donors (Lipinski definition) is 1. The van der Waals surface area contributed by atoms with Gasteiger partial charge in [-0.3, -0.25) is 4.79 Å². The average molecular weight is 570 g/mol. The molecule has 4 rings (SSSR count). The van der Waals surface area contributed by atoms with Crippen LogP contribution in [0, 0.1) is 13.8 Å². The van der Waals surface area contributed by atoms with Crippen LogP contribution in [0.5, 0.6) is 0 Å². The van der Waals surface area contributed by atoms with Crippen molar-refractivity contribution in [1.29, 1.82) is 0 Å². The Hall–Kier alpha value is -1.15. The van der Waals surface area contributed by atoms with Gasteiger partial charge in [0, 0.05) is 39.3 Å². The van der Waals surface area contributed by atoms with Gasteiger partial charge in [-0.2, -0.15) is 0 Å². The molecule has 3 aromatic rings. The molecule has 1 aliphatic heterocycles. The summed E-state index contributed by atoms with van der Waals surface area (Å²) in [6.45, 7) is 11.6. The number of benzene rings is 1. The van der Waals surface area contributed by atoms with Gasteiger partial charge >= 0.3 is 51.4 Å². The first kappa shape index (κ1) is 32.1. The Kier molecular flexibility index (Phi) is 13.4. The predicted octanol–water partition coefficient (Wildman–Crippen LogP) is 0.736. The second-order valence-corrected chi connectivity index (χ2v) is 9.53. The van der Waals surface area contributed by atoms with Crippen LogP contribution in [-0.2, 0) is 0 Å². The van der Waals surface area contributed by atoms with Crippen LogP contribution in [0.15, 0.2) is 30.5 Å². The minimum absolute atomic E-state index is 0. The number of nitrogens with zero attached hydrogens (tertiary/aromatic N) is 6. The third kappa shape index (κ3) is 8.41. The summed E-state index contributed by atoms with van der Waals surface area (Å²) in [5.74, 6) is 1.93. The molecule has 1 amide bonds. The number of aromatic nitrogens is 3. The van der Waals surface area contributed by atoms with Crippen LogP contribution in [0.25, 0.3) is 0 Å². The summed E-state index contributed by atoms with van der Waals surface area (Å²) in [6, 6.07) is 7.42. The van der Waals surface area contributed by atoms with E-state index < -0.39 is 0 Å². The summed E-state index contributed by atoms with van der Waals surface area (Å²) in [5.41, 5.74) is 1.47. The van der Waals surface area contributed by atoms with Crippen LogP contribution >= 0.6 is 22.9 Å². The minimum Gasteiger partial charge on any atom is -0.854 e. The van der Waals surface area contributed by atoms with Crippen LogP contribution in [0.2, 0.25) is 5.02 Å². The van der Waals surface area contributed by atoms with Gasteiger partial charge in [-0.05, 0) is 32.0 Å². The summed E-state index contributed by atoms with van der Waals surface area (Å²) in [7, 11) is 1.89. The molecule has 194 valence electrons. The van der Waals surface area contributed by atoms with Crippen LogP contribution in [0.1, 0.15) is 35.0 Å². The number of thiazole rings is 1. The van der Waals surface area contributed by atoms with E-state index in [-0.39, 0.29) is 63.9 Å². The van der Waals surface area contributed by atoms with Crippen molar-refractivity contribution in [3.05, 3.63) is 51.9 Å². The molecule has 0 unspecified atom stereocenters. The van der Waals surface area contributed by atoms with Gasteiger partial charge in [0.2, 0.25) is 0 Å². The maximum absolute atomic E-state index is 12.8. The third-order valence-electron chi connectivity index (χ3n) is 5.74. The molecule has 0 radical (unpaired) electrons. The van der Waals surface area contributed by atoms with Crippen molar-refractivity contribution in [1.82, 2.24) is 19.9 Å². The van der Waals surface area contributed by atoms with E-state index in [0.717, 1.165) is 48.4 Å². The van der Waals surface area contributed by atoms with E-state index in [1.54, 1.807) is 12.3 Å². The molecule has 1 aliphatic rings. The average Bonchev–Trinajstić information content (AvgIpc) is 3.38. The molecule has 0 saturated carbocycles. The first-order valence-corrected chi connectivity index (χ1v) is 13.2. The maximum Gasteiger partial charge on any atom is 1.00 e. The van der Waals surface area contributed by atoms with Gasteiger partial charge < -0.3 is 25.1 Å². The van der Waals surface area contributed by atoms with Crippen LogP contribution in [0.3, 0.4) is 0 Å². The second kappa shape index (κ2) is 15.4. The zero-order chi connectivity index (χ0) is 26.2. The standard InChI is InChI=1S/C23H27ClN7O2S.C2H6.K/c1-15-5-4-6-17(24)21(15)28-22(33)23-25-14-20(34-23)29(3)18-13-19(27-16(2)26-18)31-9-7-30(8-10-31)11-12-32;1-2;/h4-6,13-14H,7-12H2,1-3H3,(H,28,33);1-2H3;/q-1;;+1. The number of amides is 1. The molecule has 0 atom stereocenters. The largest absolute Gasteiger partial charge is 1.00 e. The van der Waals surface area contributed by atoms with Gasteiger partial charge in [0.1, 0.15) is 22.5 Å². The maximum atomic E-state index is 12.8. The summed E-state index contributed by atoms with van der Waals surface area (Å²) in [6.07, 6.45) is 1.66. The predicted molar refractivity (Wildman–Crippen MR) is 146 cm³/mol. The van der Waals surface area contributed by atoms with E-state index in [2.05, 4.69) is 30.1 Å². The number of para-hydroxylation sites is 1. The summed E-state index contributed by atoms with van der Waals surface area (Å²) in [5, 5.41) is 15.4. The summed E-state index contributed by atoms with van der Waals surface area (Å²) >= 11 is 7.52. The first-order valence-electron chi connectivity index (χ1n) is 12.0. The van der Waals surface area contributed by atoms with Gasteiger partial charge in [-0.25, -0.2) is 15.0 Å². The third-order valence-corrected chi connectivity index (χ3v) is 7.12. The number of halogens is 1. The Morgan fingerprint density at radius 2 is 1.89 bits per heavy atom. The normalized spacial score (nSPS) is 13.3. The quantitative estimate of drug-likeness (QED) is 0.416. The zero-order valence-corrected chi connectivity index (χ0v) is 27.1. The SMILES string of the molecule is CC.Cc1nc(N2CCN(CC[O-])CC2)cc(N(C)c2cnc(C(=O)Nc3c(C)cccc3Cl)s2)n1.[K+]. The van der Waals surface area contributed by atoms with E-state index in [4.69, 9.17) is 11.6 Å². The van der Waals surface area contributed by atoms with Crippen molar-refractivity contribution in [3.8, 4) is 0 Å². The Balaban J connectivity index is 0.00000157. The summed E-state index contributed by atoms with van der Waals surface area (Å²) < 4.78 is 0. The Labute approximate surface area is 270 Å². The van der Waals surface area contributed by atoms with Crippen molar-refractivity contribution in [3.63, 3.8) is 0 Å². The second-order valence-electron chi connectivity index (χ2n) is 8.11. The topological polar surface area (TPSA) is 101 Å². The fourth-order valence-corrected chi connectivity index (χ4v) is 4.85. The van der Waals surface area contributed by atoms with E-state index in [0.29, 0.717) is 28.1 Å². The molecule has 9 nitrogen and oxygen atoms in total. The van der Waals surface area contributed by atoms with Gasteiger partial charge in [0.05, 0.1) is 16.9 Å². The number of anilines is 4. The molecule has 1 saturated heterocycles. The molecule has 1 N–H and O–H groups in total. The molecule has 0 spiro atoms. The van der Waals surface area contributed by atoms with Crippen molar-refractivity contribution in [2.24, 2.45) is 0 Å². The van der Waals surface area contributed by atoms with Gasteiger partial charge in [-0.15, -0.1) is 6.61 Å². The zero-order valence-electron chi connectivity index (χ0n) is 22.4. The first-order chi connectivity index (χ1) is 17.4. The van der Waals surface area contributed by atoms with Crippen molar-refractivity contribution >= 4 is 51.2 Å². The van der Waals surface area contributed by atoms with Crippen LogP contribution in [-0.4, -0.2) is 72.1 Å². The van der Waals surface area contributed by atoms with E-state index >= 15 is 0 Å². The van der Waals surface area contributed by atoms with Crippen LogP contribution in [0.4, 0.5) is 22.3 Å². The smallest absolute Gasteiger partial charge is 0.854 e. The molecule has 1 fully saturated rings. The molecule has 37 heavy (non-hydrogen) atoms. The van der Waals surface area contributed by atoms with Crippen molar-refractivity contribution in [2.45, 2.75) is 27.7 Å². The number of hydrogen-bond acceptors (Lipinski definition) is 9. The number of carbonyl (C=O) groups excluding carboxylic acids is 1. The number of aryl methyl sites for hydroxylation is 2. The van der Waals surface area contributed by atoms with Crippen molar-refractivity contribution < 1.29 is 61.3 Å². The van der Waals surface area contributed by atoms with E-state index in [9.17, 15) is 9.90 Å². The fourth-order valence-electron chi connectivity index (χ4n) is 3.80. The van der Waals surface area contributed by atoms with Crippen LogP contribution < -0.4 is 71.6 Å². The monoisotopic (exact) mass is 569 g/mol. The molecule has 1 aromatic carbocycles. The number of carbonyl (C=O) groups is 1. The molecule has 3 heterocycles. The van der Waals surface area contributed by atoms with Gasteiger partial charge in [-0.1, -0.05) is 48.9 Å². The van der Waals surface area contributed by atoms with Gasteiger partial charge in [0.15, 0.2) is 5.01 Å². The Bertz CT molecular complexity index is 1150. The fraction of sp³-hybridized carbons (Fsp3) is 0.440. The molecule has 2 aromatic heterocycles. The van der Waals surface area contributed by atoms with E-state index in [1.165, 1.54) is 11.3 Å². The number of rotatable bonds is 7. The van der Waals surface area contributed by atoms with Gasteiger partial charge in [0.25, 0.3) is 5.91 Å². The molecule has 0 bridgehead atoms. The molecular weight excluding hydrogens is 537 g/mol. The molecule has 0 aliphatic carbocycles. The minimum atomic E-state index is -0.309. The van der Waals surface area contributed by atoms with Crippen molar-refractivity contribution in [2.75, 3.05) is 61.5 Å². The van der Waals surface area contributed by atoms with E-state index in [1.807, 2.05) is 57.8 Å². The summed E-state index contributed by atoms with van der Waals surface area (Å²) in [4.78, 5) is 32.6. The molecule has 12 heteroatoms. The number of piperazine rings is 1. The number of nitrogens with one attached hydrogen (secondary N) is 1. The molecular formula is C25H33ClKN7O2S. The Morgan fingerprint density at radius 1 is 1.19 bits per heavy atom. The Morgan fingerprint density at radius 3 is 2.54 bits per heavy atom.